The molecule has 7 N–H and O–H groups in total. The van der Waals surface area contributed by atoms with E-state index in [1.165, 1.54) is 41.8 Å². The number of fused-ring (bicyclic) bond motifs is 1. The Balaban J connectivity index is 1.48. The van der Waals surface area contributed by atoms with Gasteiger partial charge in [-0.05, 0) is 25.5 Å². The molecule has 3 amide bonds. The van der Waals surface area contributed by atoms with Crippen molar-refractivity contribution in [2.45, 2.75) is 43.7 Å². The van der Waals surface area contributed by atoms with E-state index in [-0.39, 0.29) is 33.7 Å². The molecule has 36 heavy (non-hydrogen) atoms. The molecule has 0 saturated carbocycles. The summed E-state index contributed by atoms with van der Waals surface area (Å²) in [6.45, 7) is 3.71. The van der Waals surface area contributed by atoms with Crippen molar-refractivity contribution in [1.82, 2.24) is 10.2 Å². The van der Waals surface area contributed by atoms with Crippen LogP contribution < -0.4 is 16.4 Å². The van der Waals surface area contributed by atoms with Crippen LogP contribution in [0.25, 0.3) is 0 Å². The third-order valence-electron chi connectivity index (χ3n) is 6.81. The van der Waals surface area contributed by atoms with Gasteiger partial charge in [0.25, 0.3) is 5.91 Å². The highest BCUT2D eigenvalue weighted by Gasteiger charge is 2.60. The molecule has 0 radical (unpaired) electrons. The number of nitrogens with two attached hydrogens (primary N) is 1. The largest absolute Gasteiger partial charge is 0.478 e. The molecule has 1 aromatic carbocycles. The average Bonchev–Trinajstić information content (AvgIpc) is 3.35. The number of nitrogens with zero attached hydrogens (tertiary/aromatic N) is 1. The minimum Gasteiger partial charge on any atom is -0.478 e. The molecule has 6 unspecified atom stereocenters. The Morgan fingerprint density at radius 1 is 1.22 bits per heavy atom. The number of amides is 3. The molecule has 6 atom stereocenters. The van der Waals surface area contributed by atoms with Crippen LogP contribution in [0.2, 0.25) is 0 Å². The number of primary amides is 1. The molecule has 13 heteroatoms. The quantitative estimate of drug-likeness (QED) is 0.255. The molecular formula is C23H26N4O8S. The topological polar surface area (TPSA) is 199 Å². The highest BCUT2D eigenvalue weighted by molar-refractivity contribution is 8.03. The van der Waals surface area contributed by atoms with E-state index >= 15 is 0 Å². The van der Waals surface area contributed by atoms with E-state index < -0.39 is 53.8 Å². The Bertz CT molecular complexity index is 1200. The van der Waals surface area contributed by atoms with E-state index in [2.05, 4.69) is 10.6 Å². The predicted octanol–water partition coefficient (Wildman–Crippen LogP) is 0.0396. The highest BCUT2D eigenvalue weighted by atomic mass is 32.2. The highest BCUT2D eigenvalue weighted by Crippen LogP contribution is 2.51. The summed E-state index contributed by atoms with van der Waals surface area (Å²) in [7, 11) is 0. The van der Waals surface area contributed by atoms with Gasteiger partial charge in [0.15, 0.2) is 0 Å². The van der Waals surface area contributed by atoms with Gasteiger partial charge in [0.05, 0.1) is 40.9 Å². The van der Waals surface area contributed by atoms with Crippen LogP contribution in [0.3, 0.4) is 0 Å². The number of nitrogens with one attached hydrogen (secondary N) is 2. The molecule has 3 aliphatic heterocycles. The number of aliphatic carboxylic acids is 1. The average molecular weight is 519 g/mol. The van der Waals surface area contributed by atoms with Gasteiger partial charge in [-0.3, -0.25) is 14.4 Å². The third kappa shape index (κ3) is 4.22. The Hall–Kier alpha value is -3.42. The van der Waals surface area contributed by atoms with Crippen molar-refractivity contribution in [2.75, 3.05) is 11.9 Å². The first-order valence-electron chi connectivity index (χ1n) is 11.3. The van der Waals surface area contributed by atoms with Gasteiger partial charge in [0, 0.05) is 22.6 Å². The zero-order valence-corrected chi connectivity index (χ0v) is 20.2. The predicted molar refractivity (Wildman–Crippen MR) is 128 cm³/mol. The summed E-state index contributed by atoms with van der Waals surface area (Å²) in [6.07, 6.45) is -0.575. The smallest absolute Gasteiger partial charge is 0.353 e. The minimum absolute atomic E-state index is 0.0161. The number of carbonyl (C=O) groups excluding carboxylic acids is 3. The first-order chi connectivity index (χ1) is 16.9. The number of carboxylic acid groups (broad SMARTS) is 2. The Labute approximate surface area is 209 Å². The fraction of sp³-hybridized carbons (Fsp3) is 0.435. The van der Waals surface area contributed by atoms with Crippen molar-refractivity contribution >= 4 is 47.1 Å². The molecule has 0 spiro atoms. The Kier molecular flexibility index (Phi) is 6.82. The van der Waals surface area contributed by atoms with Crippen LogP contribution >= 0.6 is 11.8 Å². The summed E-state index contributed by atoms with van der Waals surface area (Å²) in [5, 5.41) is 34.5. The van der Waals surface area contributed by atoms with Crippen molar-refractivity contribution in [1.29, 1.82) is 0 Å². The van der Waals surface area contributed by atoms with E-state index in [9.17, 15) is 39.3 Å². The number of rotatable bonds is 8. The molecule has 3 heterocycles. The molecule has 0 aromatic heterocycles. The molecule has 3 aliphatic rings. The summed E-state index contributed by atoms with van der Waals surface area (Å²) in [6, 6.07) is 2.87. The summed E-state index contributed by atoms with van der Waals surface area (Å²) >= 11 is 1.29. The molecule has 12 nitrogen and oxygen atoms in total. The number of aliphatic hydroxyl groups is 1. The van der Waals surface area contributed by atoms with Gasteiger partial charge in [-0.15, -0.1) is 11.8 Å². The standard InChI is InChI=1S/C23H26N4O8S/c1-8-16-14(9(2)28)21(31)27(16)17(23(34)35)18(8)36-10-6-13(25-7-10)20(30)26-12-5-3-4-11(22(32)33)15(12)19(24)29/h3-5,8-10,13-14,16,25,28H,6-7H2,1-2H3,(H2,24,29)(H,26,30)(H,32,33)(H,34,35). The maximum atomic E-state index is 12.9. The van der Waals surface area contributed by atoms with E-state index in [4.69, 9.17) is 5.73 Å². The molecule has 1 aromatic rings. The molecule has 192 valence electrons. The summed E-state index contributed by atoms with van der Waals surface area (Å²) in [5.41, 5.74) is 4.61. The van der Waals surface area contributed by atoms with Gasteiger partial charge < -0.3 is 36.6 Å². The molecular weight excluding hydrogens is 492 g/mol. The first kappa shape index (κ1) is 25.7. The maximum absolute atomic E-state index is 12.9. The number of anilines is 1. The second-order valence-electron chi connectivity index (χ2n) is 9.10. The lowest BCUT2D eigenvalue weighted by atomic mass is 9.79. The lowest BCUT2D eigenvalue weighted by Crippen LogP contribution is -2.63. The number of hydrogen-bond acceptors (Lipinski definition) is 8. The minimum atomic E-state index is -1.36. The monoisotopic (exact) mass is 518 g/mol. The van der Waals surface area contributed by atoms with Crippen LogP contribution in [0.4, 0.5) is 5.69 Å². The second kappa shape index (κ2) is 9.56. The zero-order valence-electron chi connectivity index (χ0n) is 19.4. The molecule has 0 bridgehead atoms. The van der Waals surface area contributed by atoms with Crippen LogP contribution in [0.1, 0.15) is 41.0 Å². The van der Waals surface area contributed by atoms with E-state index in [0.717, 1.165) is 0 Å². The molecule has 4 rings (SSSR count). The second-order valence-corrected chi connectivity index (χ2v) is 10.4. The van der Waals surface area contributed by atoms with Crippen molar-refractivity contribution in [3.8, 4) is 0 Å². The van der Waals surface area contributed by atoms with Gasteiger partial charge in [-0.1, -0.05) is 13.0 Å². The van der Waals surface area contributed by atoms with Gasteiger partial charge in [0.1, 0.15) is 5.70 Å². The Morgan fingerprint density at radius 2 is 1.92 bits per heavy atom. The van der Waals surface area contributed by atoms with Crippen LogP contribution in [0.5, 0.6) is 0 Å². The number of hydrogen-bond donors (Lipinski definition) is 6. The van der Waals surface area contributed by atoms with Crippen molar-refractivity contribution < 1.29 is 39.3 Å². The van der Waals surface area contributed by atoms with Gasteiger partial charge >= 0.3 is 11.9 Å². The van der Waals surface area contributed by atoms with Crippen LogP contribution in [-0.4, -0.2) is 79.9 Å². The third-order valence-corrected chi connectivity index (χ3v) is 8.32. The summed E-state index contributed by atoms with van der Waals surface area (Å²) < 4.78 is 0. The Morgan fingerprint density at radius 3 is 2.50 bits per heavy atom. The number of β-lactam (4-membered cyclic amide) rings is 1. The number of thioether (sulfide) groups is 1. The van der Waals surface area contributed by atoms with Crippen LogP contribution in [0, 0.1) is 11.8 Å². The first-order valence-corrected chi connectivity index (χ1v) is 12.2. The van der Waals surface area contributed by atoms with Crippen molar-refractivity contribution in [3.63, 3.8) is 0 Å². The number of benzene rings is 1. The van der Waals surface area contributed by atoms with Crippen molar-refractivity contribution in [3.05, 3.63) is 39.9 Å². The fourth-order valence-corrected chi connectivity index (χ4v) is 6.65. The van der Waals surface area contributed by atoms with Crippen LogP contribution in [-0.2, 0) is 14.4 Å². The number of aromatic carboxylic acids is 1. The van der Waals surface area contributed by atoms with Crippen LogP contribution in [0.15, 0.2) is 28.8 Å². The SMILES string of the molecule is CC(O)C1C(=O)N2C(C(=O)O)=C(SC3CNC(C(=O)Nc4cccc(C(=O)O)c4C(N)=O)C3)C(C)C12. The van der Waals surface area contributed by atoms with E-state index in [0.29, 0.717) is 17.9 Å². The van der Waals surface area contributed by atoms with Gasteiger partial charge in [-0.25, -0.2) is 9.59 Å². The lowest BCUT2D eigenvalue weighted by molar-refractivity contribution is -0.163. The zero-order chi connectivity index (χ0) is 26.5. The van der Waals surface area contributed by atoms with Gasteiger partial charge in [-0.2, -0.15) is 0 Å². The fourth-order valence-electron chi connectivity index (χ4n) is 5.17. The van der Waals surface area contributed by atoms with Crippen molar-refractivity contribution in [2.24, 2.45) is 17.6 Å². The number of aliphatic hydroxyl groups excluding tert-OH is 1. The van der Waals surface area contributed by atoms with E-state index in [1.54, 1.807) is 0 Å². The van der Waals surface area contributed by atoms with E-state index in [1.807, 2.05) is 6.92 Å². The number of carboxylic acids is 2. The molecule has 2 fully saturated rings. The maximum Gasteiger partial charge on any atom is 0.353 e. The molecule has 2 saturated heterocycles. The summed E-state index contributed by atoms with van der Waals surface area (Å²) in [5.74, 6) is -5.42. The summed E-state index contributed by atoms with van der Waals surface area (Å²) in [4.78, 5) is 62.5. The normalized spacial score (nSPS) is 27.9. The number of carbonyl (C=O) groups is 5. The molecule has 0 aliphatic carbocycles. The lowest BCUT2D eigenvalue weighted by Gasteiger charge is -2.46. The van der Waals surface area contributed by atoms with Gasteiger partial charge in [0.2, 0.25) is 11.8 Å².